The molecule has 3 aromatic carbocycles. The predicted octanol–water partition coefficient (Wildman–Crippen LogP) is 5.38. The minimum absolute atomic E-state index is 0.0125. The van der Waals surface area contributed by atoms with Crippen LogP contribution in [0.25, 0.3) is 0 Å². The number of amides is 2. The lowest BCUT2D eigenvalue weighted by molar-refractivity contribution is 0.248. The standard InChI is InChI=1S/C23H24N2OS/c1-27-22-14-8-13-20(17-22)24-23(26)25-21(15-18-9-4-2-5-10-18)16-19-11-6-3-7-12-19/h2-14,17,21H,15-16H2,1H3,(H2,24,25,26). The summed E-state index contributed by atoms with van der Waals surface area (Å²) in [6.07, 6.45) is 3.59. The van der Waals surface area contributed by atoms with Crippen LogP contribution >= 0.6 is 11.8 Å². The van der Waals surface area contributed by atoms with E-state index in [0.29, 0.717) is 0 Å². The first-order valence-electron chi connectivity index (χ1n) is 9.02. The average Bonchev–Trinajstić information content (AvgIpc) is 2.69. The van der Waals surface area contributed by atoms with E-state index in [4.69, 9.17) is 0 Å². The van der Waals surface area contributed by atoms with E-state index in [1.807, 2.05) is 66.9 Å². The highest BCUT2D eigenvalue weighted by atomic mass is 32.2. The van der Waals surface area contributed by atoms with Gasteiger partial charge in [-0.15, -0.1) is 11.8 Å². The number of hydrogen-bond acceptors (Lipinski definition) is 2. The molecule has 2 N–H and O–H groups in total. The maximum atomic E-state index is 12.6. The summed E-state index contributed by atoms with van der Waals surface area (Å²) in [6, 6.07) is 28.2. The van der Waals surface area contributed by atoms with Gasteiger partial charge in [0.05, 0.1) is 0 Å². The molecule has 0 heterocycles. The first-order chi connectivity index (χ1) is 13.2. The third-order valence-corrected chi connectivity index (χ3v) is 5.04. The molecule has 27 heavy (non-hydrogen) atoms. The molecule has 0 aliphatic heterocycles. The molecule has 0 bridgehead atoms. The van der Waals surface area contributed by atoms with Crippen molar-refractivity contribution < 1.29 is 4.79 Å². The van der Waals surface area contributed by atoms with Gasteiger partial charge in [-0.05, 0) is 48.4 Å². The fourth-order valence-corrected chi connectivity index (χ4v) is 3.48. The van der Waals surface area contributed by atoms with Crippen LogP contribution < -0.4 is 10.6 Å². The third kappa shape index (κ3) is 6.19. The highest BCUT2D eigenvalue weighted by Crippen LogP contribution is 2.19. The molecule has 3 nitrogen and oxygen atoms in total. The molecule has 0 saturated heterocycles. The lowest BCUT2D eigenvalue weighted by Gasteiger charge is -2.20. The molecule has 4 heteroatoms. The van der Waals surface area contributed by atoms with E-state index < -0.39 is 0 Å². The Balaban J connectivity index is 1.68. The maximum Gasteiger partial charge on any atom is 0.319 e. The van der Waals surface area contributed by atoms with Gasteiger partial charge in [0.25, 0.3) is 0 Å². The molecule has 3 aromatic rings. The minimum Gasteiger partial charge on any atom is -0.334 e. The van der Waals surface area contributed by atoms with Gasteiger partial charge in [-0.25, -0.2) is 4.79 Å². The molecule has 0 saturated carbocycles. The number of benzene rings is 3. The fourth-order valence-electron chi connectivity index (χ4n) is 3.02. The average molecular weight is 377 g/mol. The highest BCUT2D eigenvalue weighted by Gasteiger charge is 2.14. The van der Waals surface area contributed by atoms with Gasteiger partial charge in [0.15, 0.2) is 0 Å². The maximum absolute atomic E-state index is 12.6. The van der Waals surface area contributed by atoms with Crippen molar-refractivity contribution in [2.75, 3.05) is 11.6 Å². The van der Waals surface area contributed by atoms with Gasteiger partial charge in [0.2, 0.25) is 0 Å². The zero-order valence-corrected chi connectivity index (χ0v) is 16.2. The van der Waals surface area contributed by atoms with Gasteiger partial charge < -0.3 is 10.6 Å². The number of rotatable bonds is 7. The number of carbonyl (C=O) groups excluding carboxylic acids is 1. The van der Waals surface area contributed by atoms with E-state index in [-0.39, 0.29) is 12.1 Å². The summed E-state index contributed by atoms with van der Waals surface area (Å²) in [5.41, 5.74) is 3.23. The zero-order valence-electron chi connectivity index (χ0n) is 15.4. The van der Waals surface area contributed by atoms with Crippen LogP contribution in [0.3, 0.4) is 0 Å². The van der Waals surface area contributed by atoms with Crippen molar-refractivity contribution in [2.24, 2.45) is 0 Å². The monoisotopic (exact) mass is 376 g/mol. The van der Waals surface area contributed by atoms with E-state index >= 15 is 0 Å². The van der Waals surface area contributed by atoms with E-state index in [2.05, 4.69) is 34.9 Å². The molecule has 138 valence electrons. The molecule has 0 aliphatic carbocycles. The number of hydrogen-bond donors (Lipinski definition) is 2. The molecule has 2 amide bonds. The second-order valence-electron chi connectivity index (χ2n) is 6.41. The van der Waals surface area contributed by atoms with Crippen molar-refractivity contribution in [2.45, 2.75) is 23.8 Å². The Kier molecular flexibility index (Phi) is 6.94. The smallest absolute Gasteiger partial charge is 0.319 e. The lowest BCUT2D eigenvalue weighted by Crippen LogP contribution is -2.40. The number of nitrogens with one attached hydrogen (secondary N) is 2. The Morgan fingerprint density at radius 2 is 1.44 bits per heavy atom. The minimum atomic E-state index is -0.176. The van der Waals surface area contributed by atoms with Crippen LogP contribution in [-0.4, -0.2) is 18.3 Å². The number of anilines is 1. The highest BCUT2D eigenvalue weighted by molar-refractivity contribution is 7.98. The molecular formula is C23H24N2OS. The van der Waals surface area contributed by atoms with Crippen LogP contribution in [0, 0.1) is 0 Å². The molecule has 0 spiro atoms. The summed E-state index contributed by atoms with van der Waals surface area (Å²) in [6.45, 7) is 0. The van der Waals surface area contributed by atoms with Crippen LogP contribution in [0.15, 0.2) is 89.8 Å². The summed E-state index contributed by atoms with van der Waals surface area (Å²) in [4.78, 5) is 13.7. The largest absolute Gasteiger partial charge is 0.334 e. The first-order valence-corrected chi connectivity index (χ1v) is 10.2. The molecule has 0 unspecified atom stereocenters. The summed E-state index contributed by atoms with van der Waals surface area (Å²) in [5.74, 6) is 0. The quantitative estimate of drug-likeness (QED) is 0.543. The van der Waals surface area contributed by atoms with Gasteiger partial charge in [-0.1, -0.05) is 66.7 Å². The molecule has 0 radical (unpaired) electrons. The first kappa shape index (κ1) is 19.1. The van der Waals surface area contributed by atoms with Crippen LogP contribution in [0.2, 0.25) is 0 Å². The van der Waals surface area contributed by atoms with Crippen molar-refractivity contribution in [1.29, 1.82) is 0 Å². The second-order valence-corrected chi connectivity index (χ2v) is 7.29. The molecule has 0 fully saturated rings. The van der Waals surface area contributed by atoms with Gasteiger partial charge >= 0.3 is 6.03 Å². The summed E-state index contributed by atoms with van der Waals surface area (Å²) in [5, 5.41) is 6.10. The number of carbonyl (C=O) groups is 1. The topological polar surface area (TPSA) is 41.1 Å². The molecule has 0 atom stereocenters. The summed E-state index contributed by atoms with van der Waals surface area (Å²) >= 11 is 1.66. The SMILES string of the molecule is CSc1cccc(NC(=O)NC(Cc2ccccc2)Cc2ccccc2)c1. The van der Waals surface area contributed by atoms with E-state index in [1.54, 1.807) is 11.8 Å². The summed E-state index contributed by atoms with van der Waals surface area (Å²) < 4.78 is 0. The van der Waals surface area contributed by atoms with Crippen molar-refractivity contribution >= 4 is 23.5 Å². The Morgan fingerprint density at radius 3 is 2.00 bits per heavy atom. The number of thioether (sulfide) groups is 1. The van der Waals surface area contributed by atoms with Crippen LogP contribution in [0.1, 0.15) is 11.1 Å². The van der Waals surface area contributed by atoms with Crippen molar-refractivity contribution in [3.8, 4) is 0 Å². The van der Waals surface area contributed by atoms with Crippen molar-refractivity contribution in [1.82, 2.24) is 5.32 Å². The Hall–Kier alpha value is -2.72. The van der Waals surface area contributed by atoms with Gasteiger partial charge in [0.1, 0.15) is 0 Å². The van der Waals surface area contributed by atoms with E-state index in [9.17, 15) is 4.79 Å². The normalized spacial score (nSPS) is 10.6. The Labute approximate surface area is 165 Å². The molecule has 3 rings (SSSR count). The van der Waals surface area contributed by atoms with Gasteiger partial charge in [0, 0.05) is 16.6 Å². The zero-order chi connectivity index (χ0) is 18.9. The van der Waals surface area contributed by atoms with Gasteiger partial charge in [-0.2, -0.15) is 0 Å². The molecule has 0 aromatic heterocycles. The van der Waals surface area contributed by atoms with Crippen molar-refractivity contribution in [3.05, 3.63) is 96.1 Å². The van der Waals surface area contributed by atoms with E-state index in [1.165, 1.54) is 11.1 Å². The van der Waals surface area contributed by atoms with Crippen LogP contribution in [0.5, 0.6) is 0 Å². The number of urea groups is 1. The predicted molar refractivity (Wildman–Crippen MR) is 114 cm³/mol. The lowest BCUT2D eigenvalue weighted by atomic mass is 9.99. The molecule has 0 aliphatic rings. The third-order valence-electron chi connectivity index (χ3n) is 4.31. The van der Waals surface area contributed by atoms with Crippen LogP contribution in [-0.2, 0) is 12.8 Å². The molecular weight excluding hydrogens is 352 g/mol. The summed E-state index contributed by atoms with van der Waals surface area (Å²) in [7, 11) is 0. The Bertz CT molecular complexity index is 811. The van der Waals surface area contributed by atoms with E-state index in [0.717, 1.165) is 23.4 Å². The van der Waals surface area contributed by atoms with Crippen LogP contribution in [0.4, 0.5) is 10.5 Å². The van der Waals surface area contributed by atoms with Crippen molar-refractivity contribution in [3.63, 3.8) is 0 Å². The second kappa shape index (κ2) is 9.83. The fraction of sp³-hybridized carbons (Fsp3) is 0.174. The van der Waals surface area contributed by atoms with Gasteiger partial charge in [-0.3, -0.25) is 0 Å². The Morgan fingerprint density at radius 1 is 0.852 bits per heavy atom.